The number of fused-ring (bicyclic) bond motifs is 2. The summed E-state index contributed by atoms with van der Waals surface area (Å²) in [6.45, 7) is 11.9. The van der Waals surface area contributed by atoms with Gasteiger partial charge < -0.3 is 39.2 Å². The Morgan fingerprint density at radius 2 is 1.26 bits per heavy atom. The van der Waals surface area contributed by atoms with Gasteiger partial charge in [0.2, 0.25) is 0 Å². The molecule has 12 nitrogen and oxygen atoms in total. The molecule has 2 fully saturated rings. The minimum absolute atomic E-state index is 0.0411. The van der Waals surface area contributed by atoms with E-state index in [0.29, 0.717) is 60.0 Å². The van der Waals surface area contributed by atoms with Crippen LogP contribution in [0.3, 0.4) is 0 Å². The van der Waals surface area contributed by atoms with Crippen molar-refractivity contribution in [3.63, 3.8) is 0 Å². The first-order valence-electron chi connectivity index (χ1n) is 19.3. The number of halogens is 2. The van der Waals surface area contributed by atoms with Crippen LogP contribution in [0.25, 0.3) is 0 Å². The third-order valence-electron chi connectivity index (χ3n) is 9.00. The fourth-order valence-electron chi connectivity index (χ4n) is 5.76. The second-order valence-corrected chi connectivity index (χ2v) is 16.5. The van der Waals surface area contributed by atoms with E-state index in [4.69, 9.17) is 29.0 Å². The predicted molar refractivity (Wildman–Crippen MR) is 210 cm³/mol. The number of benzene rings is 2. The molecule has 3 N–H and O–H groups in total. The first kappa shape index (κ1) is 45.0. The monoisotopic (exact) mass is 796 g/mol. The summed E-state index contributed by atoms with van der Waals surface area (Å²) in [5.74, 6) is 0.615. The molecule has 0 aromatic heterocycles. The second kappa shape index (κ2) is 20.1. The van der Waals surface area contributed by atoms with Crippen LogP contribution < -0.4 is 14.8 Å². The zero-order valence-electron chi connectivity index (χ0n) is 33.7. The minimum Gasteiger partial charge on any atom is -0.489 e. The molecule has 4 aliphatic rings. The molecular weight excluding hydrogens is 741 g/mol. The van der Waals surface area contributed by atoms with Crippen molar-refractivity contribution in [2.24, 2.45) is 0 Å². The third kappa shape index (κ3) is 15.3. The number of esters is 2. The Kier molecular flexibility index (Phi) is 15.8. The zero-order chi connectivity index (χ0) is 41.9. The van der Waals surface area contributed by atoms with E-state index in [1.807, 2.05) is 11.0 Å². The van der Waals surface area contributed by atoms with Crippen molar-refractivity contribution in [1.82, 2.24) is 10.2 Å². The minimum atomic E-state index is -1.04. The Balaban J connectivity index is 0.000000221. The van der Waals surface area contributed by atoms with E-state index in [1.165, 1.54) is 0 Å². The number of carbonyl (C=O) groups excluding carboxylic acids is 4. The van der Waals surface area contributed by atoms with Crippen molar-refractivity contribution in [2.45, 2.75) is 129 Å². The van der Waals surface area contributed by atoms with Crippen LogP contribution in [-0.4, -0.2) is 76.3 Å². The average Bonchev–Trinajstić information content (AvgIpc) is 4.08. The number of hydrogen-bond acceptors (Lipinski definition) is 10. The molecule has 57 heavy (non-hydrogen) atoms. The molecule has 0 unspecified atom stereocenters. The van der Waals surface area contributed by atoms with Gasteiger partial charge in [-0.3, -0.25) is 19.2 Å². The summed E-state index contributed by atoms with van der Waals surface area (Å²) in [6.07, 6.45) is 5.76. The normalized spacial score (nSPS) is 16.3. The molecule has 2 aliphatic carbocycles. The van der Waals surface area contributed by atoms with Crippen LogP contribution in [0, 0.1) is 0 Å². The van der Waals surface area contributed by atoms with Gasteiger partial charge in [-0.2, -0.15) is 0 Å². The van der Waals surface area contributed by atoms with Gasteiger partial charge in [0.1, 0.15) is 35.9 Å². The van der Waals surface area contributed by atoms with Gasteiger partial charge in [-0.1, -0.05) is 12.8 Å². The fraction of sp³-hybridized carbons (Fsp3) is 0.524. The van der Waals surface area contributed by atoms with E-state index in [-0.39, 0.29) is 68.5 Å². The highest BCUT2D eigenvalue weighted by Crippen LogP contribution is 2.37. The quantitative estimate of drug-likeness (QED) is 0.133. The van der Waals surface area contributed by atoms with Gasteiger partial charge in [0.15, 0.2) is 0 Å². The number of nitrogens with one attached hydrogen (secondary N) is 1. The predicted octanol–water partition coefficient (Wildman–Crippen LogP) is 7.07. The smallest absolute Gasteiger partial charge is 0.454 e. The Morgan fingerprint density at radius 1 is 0.772 bits per heavy atom. The second-order valence-electron chi connectivity index (χ2n) is 16.5. The molecule has 2 saturated carbocycles. The molecule has 0 spiro atoms. The summed E-state index contributed by atoms with van der Waals surface area (Å²) in [4.78, 5) is 49.1. The molecule has 0 bridgehead atoms. The van der Waals surface area contributed by atoms with Gasteiger partial charge in [0.25, 0.3) is 11.8 Å². The van der Waals surface area contributed by atoms with Crippen LogP contribution in [-0.2, 0) is 32.2 Å². The summed E-state index contributed by atoms with van der Waals surface area (Å²) in [7, 11) is -1.04. The van der Waals surface area contributed by atoms with Gasteiger partial charge >= 0.3 is 19.1 Å². The van der Waals surface area contributed by atoms with Crippen molar-refractivity contribution in [2.75, 3.05) is 13.2 Å². The molecule has 2 aromatic carbocycles. The van der Waals surface area contributed by atoms with Crippen LogP contribution in [0.5, 0.6) is 11.5 Å². The Labute approximate surface area is 333 Å². The van der Waals surface area contributed by atoms with E-state index < -0.39 is 18.3 Å². The highest BCUT2D eigenvalue weighted by atomic mass is 19.1. The molecule has 2 aliphatic heterocycles. The van der Waals surface area contributed by atoms with Crippen molar-refractivity contribution >= 4 is 30.9 Å². The van der Waals surface area contributed by atoms with Gasteiger partial charge in [-0.25, -0.2) is 8.78 Å². The van der Waals surface area contributed by atoms with Crippen molar-refractivity contribution in [1.29, 1.82) is 0 Å². The number of carbonyl (C=O) groups is 4. The largest absolute Gasteiger partial charge is 0.489 e. The molecule has 6 rings (SSSR count). The Hall–Kier alpha value is -4.76. The zero-order valence-corrected chi connectivity index (χ0v) is 33.7. The van der Waals surface area contributed by atoms with Crippen LogP contribution in [0.2, 0.25) is 5.82 Å². The number of hydrogen-bond donors (Lipinski definition) is 3. The maximum Gasteiger partial charge on any atom is 0.454 e. The van der Waals surface area contributed by atoms with Gasteiger partial charge in [0.05, 0.1) is 12.7 Å². The number of amides is 2. The summed E-state index contributed by atoms with van der Waals surface area (Å²) in [5.41, 5.74) is 2.81. The van der Waals surface area contributed by atoms with Crippen LogP contribution in [0.4, 0.5) is 8.78 Å². The molecule has 0 radical (unpaired) electrons. The standard InChI is InChI=1S/C21H26FNO4.C18H22FNO4.C3H7BO2/c1-21(2,3)27-19(24)9-4-14(11-22)13-26-17-7-8-18-15(10-17)12-23(20(18)25)16-5-6-16;1-18(2,3)24-16(21)7-4-12(9-19)11-23-14-5-6-15-13(8-14)10-20-17(15)22;5-4(6)3-1-2-3/h7-8,10-11,16H,4-6,9,12-13H2,1-3H3;5-6,8-9H,4,7,10-11H2,1-3H3,(H,20,22);3,5-6H,1-2H2/b14-11+;12-9+;. The molecule has 0 saturated heterocycles. The van der Waals surface area contributed by atoms with Gasteiger partial charge in [0, 0.05) is 43.1 Å². The Morgan fingerprint density at radius 3 is 1.68 bits per heavy atom. The number of rotatable bonds is 14. The summed E-state index contributed by atoms with van der Waals surface area (Å²) >= 11 is 0. The molecule has 2 heterocycles. The van der Waals surface area contributed by atoms with Gasteiger partial charge in [-0.15, -0.1) is 0 Å². The molecule has 0 atom stereocenters. The van der Waals surface area contributed by atoms with Crippen LogP contribution in [0.1, 0.15) is 125 Å². The fourth-order valence-corrected chi connectivity index (χ4v) is 5.76. The molecule has 2 aromatic rings. The lowest BCUT2D eigenvalue weighted by molar-refractivity contribution is -0.155. The first-order valence-corrected chi connectivity index (χ1v) is 19.3. The van der Waals surface area contributed by atoms with E-state index in [0.717, 1.165) is 42.4 Å². The van der Waals surface area contributed by atoms with Crippen molar-refractivity contribution in [3.8, 4) is 11.5 Å². The number of nitrogens with zero attached hydrogens (tertiary/aromatic N) is 1. The van der Waals surface area contributed by atoms with E-state index in [2.05, 4.69) is 5.32 Å². The molecule has 15 heteroatoms. The van der Waals surface area contributed by atoms with Gasteiger partial charge in [-0.05, 0) is 132 Å². The highest BCUT2D eigenvalue weighted by molar-refractivity contribution is 6.44. The van der Waals surface area contributed by atoms with E-state index >= 15 is 0 Å². The molecule has 2 amide bonds. The lowest BCUT2D eigenvalue weighted by atomic mass is 9.84. The first-order chi connectivity index (χ1) is 26.8. The lowest BCUT2D eigenvalue weighted by Crippen LogP contribution is -2.25. The van der Waals surface area contributed by atoms with Crippen LogP contribution >= 0.6 is 0 Å². The lowest BCUT2D eigenvalue weighted by Gasteiger charge is -2.19. The topological polar surface area (TPSA) is 161 Å². The molecular formula is C42H55BF2N2O10. The summed E-state index contributed by atoms with van der Waals surface area (Å²) < 4.78 is 47.7. The third-order valence-corrected chi connectivity index (χ3v) is 9.00. The maximum atomic E-state index is 13.1. The van der Waals surface area contributed by atoms with Crippen LogP contribution in [0.15, 0.2) is 60.2 Å². The summed E-state index contributed by atoms with van der Waals surface area (Å²) in [5, 5.41) is 19.2. The number of ether oxygens (including phenoxy) is 4. The summed E-state index contributed by atoms with van der Waals surface area (Å²) in [6, 6.07) is 10.9. The van der Waals surface area contributed by atoms with Crippen molar-refractivity contribution in [3.05, 3.63) is 82.5 Å². The SMILES string of the molecule is CC(C)(C)OC(=O)CC/C(=C\F)COc1ccc2c(c1)CN(C1CC1)C2=O.CC(C)(C)OC(=O)CC/C(=C\F)COc1ccc2c(c1)CNC2=O.OB(O)C1CC1. The molecule has 310 valence electrons. The highest BCUT2D eigenvalue weighted by Gasteiger charge is 2.38. The average molecular weight is 797 g/mol. The Bertz CT molecular complexity index is 1810. The van der Waals surface area contributed by atoms with Crippen molar-refractivity contribution < 1.29 is 57.0 Å². The maximum absolute atomic E-state index is 13.1. The van der Waals surface area contributed by atoms with E-state index in [9.17, 15) is 28.0 Å². The van der Waals surface area contributed by atoms with E-state index in [1.54, 1.807) is 71.9 Å².